The summed E-state index contributed by atoms with van der Waals surface area (Å²) < 4.78 is 25.6. The Balaban J connectivity index is 2.32. The molecule has 2 N–H and O–H groups in total. The molecule has 1 saturated carbocycles. The molecule has 1 fully saturated rings. The van der Waals surface area contributed by atoms with Gasteiger partial charge >= 0.3 is 0 Å². The highest BCUT2D eigenvalue weighted by Gasteiger charge is 2.55. The van der Waals surface area contributed by atoms with Crippen molar-refractivity contribution in [3.8, 4) is 0 Å². The Morgan fingerprint density at radius 1 is 1.33 bits per heavy atom. The van der Waals surface area contributed by atoms with E-state index in [2.05, 4.69) is 0 Å². The molecule has 0 bridgehead atoms. The number of hydrogen-bond donors (Lipinski definition) is 1. The van der Waals surface area contributed by atoms with Crippen LogP contribution in [0.15, 0.2) is 18.2 Å². The molecule has 0 spiro atoms. The van der Waals surface area contributed by atoms with Gasteiger partial charge in [0.2, 0.25) is 0 Å². The summed E-state index contributed by atoms with van der Waals surface area (Å²) >= 11 is 5.80. The topological polar surface area (TPSA) is 26.0 Å². The van der Waals surface area contributed by atoms with Gasteiger partial charge < -0.3 is 5.73 Å². The van der Waals surface area contributed by atoms with Crippen molar-refractivity contribution in [2.24, 2.45) is 5.73 Å². The van der Waals surface area contributed by atoms with Crippen molar-refractivity contribution in [3.63, 3.8) is 0 Å². The Labute approximate surface area is 92.2 Å². The zero-order chi connectivity index (χ0) is 11.3. The molecule has 2 rings (SSSR count). The highest BCUT2D eigenvalue weighted by Crippen LogP contribution is 2.50. The lowest BCUT2D eigenvalue weighted by Crippen LogP contribution is -2.55. The molecule has 1 aliphatic carbocycles. The second-order valence-corrected chi connectivity index (χ2v) is 4.76. The minimum atomic E-state index is -2.61. The Hall–Kier alpha value is -0.670. The Kier molecular flexibility index (Phi) is 2.28. The fourth-order valence-electron chi connectivity index (χ4n) is 2.25. The van der Waals surface area contributed by atoms with Crippen LogP contribution in [0, 0.1) is 6.92 Å². The third-order valence-electron chi connectivity index (χ3n) is 2.87. The van der Waals surface area contributed by atoms with E-state index in [0.29, 0.717) is 5.02 Å². The number of halogens is 3. The van der Waals surface area contributed by atoms with Gasteiger partial charge in [-0.25, -0.2) is 8.78 Å². The van der Waals surface area contributed by atoms with Crippen molar-refractivity contribution in [3.05, 3.63) is 34.3 Å². The van der Waals surface area contributed by atoms with Crippen LogP contribution in [0.2, 0.25) is 5.02 Å². The van der Waals surface area contributed by atoms with Gasteiger partial charge in [0.05, 0.1) is 5.54 Å². The van der Waals surface area contributed by atoms with Gasteiger partial charge in [-0.1, -0.05) is 17.7 Å². The van der Waals surface area contributed by atoms with E-state index < -0.39 is 11.5 Å². The molecule has 4 heteroatoms. The van der Waals surface area contributed by atoms with Crippen LogP contribution in [0.25, 0.3) is 0 Å². The lowest BCUT2D eigenvalue weighted by Gasteiger charge is -2.45. The fourth-order valence-corrected chi connectivity index (χ4v) is 2.47. The number of rotatable bonds is 1. The van der Waals surface area contributed by atoms with E-state index in [1.807, 2.05) is 6.92 Å². The molecule has 1 aromatic carbocycles. The third-order valence-corrected chi connectivity index (χ3v) is 3.11. The largest absolute Gasteiger partial charge is 0.321 e. The Morgan fingerprint density at radius 2 is 1.93 bits per heavy atom. The lowest BCUT2D eigenvalue weighted by atomic mass is 9.69. The van der Waals surface area contributed by atoms with Crippen LogP contribution in [-0.2, 0) is 5.54 Å². The molecule has 0 aliphatic heterocycles. The standard InChI is InChI=1S/C11H12ClF2N/c1-7-4-8(12)2-3-9(7)10(15)5-11(13,14)6-10/h2-4H,5-6,15H2,1H3. The second kappa shape index (κ2) is 3.16. The van der Waals surface area contributed by atoms with Crippen LogP contribution in [0.5, 0.6) is 0 Å². The summed E-state index contributed by atoms with van der Waals surface area (Å²) in [4.78, 5) is 0. The van der Waals surface area contributed by atoms with Crippen molar-refractivity contribution in [2.45, 2.75) is 31.2 Å². The molecule has 0 radical (unpaired) electrons. The van der Waals surface area contributed by atoms with Crippen LogP contribution in [0.3, 0.4) is 0 Å². The third kappa shape index (κ3) is 1.86. The summed E-state index contributed by atoms with van der Waals surface area (Å²) in [7, 11) is 0. The van der Waals surface area contributed by atoms with Gasteiger partial charge in [0.15, 0.2) is 0 Å². The minimum Gasteiger partial charge on any atom is -0.321 e. The first-order valence-electron chi connectivity index (χ1n) is 4.76. The minimum absolute atomic E-state index is 0.275. The van der Waals surface area contributed by atoms with E-state index in [9.17, 15) is 8.78 Å². The van der Waals surface area contributed by atoms with Gasteiger partial charge in [0.25, 0.3) is 5.92 Å². The predicted molar refractivity (Wildman–Crippen MR) is 56.2 cm³/mol. The predicted octanol–water partition coefficient (Wildman–Crippen LogP) is 3.23. The van der Waals surface area contributed by atoms with Gasteiger partial charge in [-0.3, -0.25) is 0 Å². The van der Waals surface area contributed by atoms with Crippen molar-refractivity contribution < 1.29 is 8.78 Å². The average molecular weight is 232 g/mol. The Bertz CT molecular complexity index is 396. The van der Waals surface area contributed by atoms with E-state index in [1.54, 1.807) is 18.2 Å². The number of hydrogen-bond acceptors (Lipinski definition) is 1. The Morgan fingerprint density at radius 3 is 2.40 bits per heavy atom. The quantitative estimate of drug-likeness (QED) is 0.789. The monoisotopic (exact) mass is 231 g/mol. The van der Waals surface area contributed by atoms with Crippen molar-refractivity contribution in [1.29, 1.82) is 0 Å². The molecule has 0 heterocycles. The average Bonchev–Trinajstić information content (AvgIpc) is 1.98. The van der Waals surface area contributed by atoms with Crippen LogP contribution in [0.4, 0.5) is 8.78 Å². The van der Waals surface area contributed by atoms with Crippen molar-refractivity contribution in [2.75, 3.05) is 0 Å². The zero-order valence-corrected chi connectivity index (χ0v) is 9.11. The number of nitrogens with two attached hydrogens (primary N) is 1. The number of benzene rings is 1. The first-order valence-corrected chi connectivity index (χ1v) is 5.14. The summed E-state index contributed by atoms with van der Waals surface area (Å²) in [6.45, 7) is 1.84. The smallest absolute Gasteiger partial charge is 0.252 e. The normalized spacial score (nSPS) is 22.2. The molecule has 1 aliphatic rings. The van der Waals surface area contributed by atoms with E-state index in [0.717, 1.165) is 11.1 Å². The van der Waals surface area contributed by atoms with Gasteiger partial charge in [-0.15, -0.1) is 0 Å². The highest BCUT2D eigenvalue weighted by molar-refractivity contribution is 6.30. The molecule has 1 aromatic rings. The summed E-state index contributed by atoms with van der Waals surface area (Å²) in [5.41, 5.74) is 6.70. The zero-order valence-electron chi connectivity index (χ0n) is 8.36. The first-order chi connectivity index (χ1) is 6.82. The molecule has 82 valence electrons. The highest BCUT2D eigenvalue weighted by atomic mass is 35.5. The summed E-state index contributed by atoms with van der Waals surface area (Å²) in [5.74, 6) is -2.61. The van der Waals surface area contributed by atoms with Gasteiger partial charge in [0.1, 0.15) is 0 Å². The number of alkyl halides is 2. The van der Waals surface area contributed by atoms with E-state index >= 15 is 0 Å². The summed E-state index contributed by atoms with van der Waals surface area (Å²) in [6.07, 6.45) is -0.551. The van der Waals surface area contributed by atoms with Crippen LogP contribution < -0.4 is 5.73 Å². The first kappa shape index (κ1) is 10.8. The van der Waals surface area contributed by atoms with Crippen LogP contribution >= 0.6 is 11.6 Å². The summed E-state index contributed by atoms with van der Waals surface area (Å²) in [5, 5.41) is 0.603. The molecule has 0 amide bonds. The SMILES string of the molecule is Cc1cc(Cl)ccc1C1(N)CC(F)(F)C1. The molecule has 0 saturated heterocycles. The van der Waals surface area contributed by atoms with Crippen molar-refractivity contribution in [1.82, 2.24) is 0 Å². The lowest BCUT2D eigenvalue weighted by molar-refractivity contribution is -0.125. The molecular weight excluding hydrogens is 220 g/mol. The molecule has 15 heavy (non-hydrogen) atoms. The van der Waals surface area contributed by atoms with Gasteiger partial charge in [-0.2, -0.15) is 0 Å². The molecule has 1 nitrogen and oxygen atoms in total. The molecule has 0 aromatic heterocycles. The van der Waals surface area contributed by atoms with E-state index in [1.165, 1.54) is 0 Å². The summed E-state index contributed by atoms with van der Waals surface area (Å²) in [6, 6.07) is 5.18. The maximum absolute atomic E-state index is 12.8. The molecule has 0 atom stereocenters. The van der Waals surface area contributed by atoms with Gasteiger partial charge in [0, 0.05) is 17.9 Å². The van der Waals surface area contributed by atoms with E-state index in [4.69, 9.17) is 17.3 Å². The maximum atomic E-state index is 12.8. The van der Waals surface area contributed by atoms with Gasteiger partial charge in [-0.05, 0) is 30.2 Å². The molecule has 0 unspecified atom stereocenters. The van der Waals surface area contributed by atoms with Crippen LogP contribution in [-0.4, -0.2) is 5.92 Å². The van der Waals surface area contributed by atoms with Crippen molar-refractivity contribution >= 4 is 11.6 Å². The van der Waals surface area contributed by atoms with E-state index in [-0.39, 0.29) is 12.8 Å². The maximum Gasteiger partial charge on any atom is 0.252 e. The van der Waals surface area contributed by atoms with Crippen LogP contribution in [0.1, 0.15) is 24.0 Å². The fraction of sp³-hybridized carbons (Fsp3) is 0.455. The molecular formula is C11H12ClF2N. The second-order valence-electron chi connectivity index (χ2n) is 4.32. The number of aryl methyl sites for hydroxylation is 1.